The Hall–Kier alpha value is -3.34. The second-order valence-corrected chi connectivity index (χ2v) is 6.75. The molecule has 0 spiro atoms. The number of amides is 1. The molecule has 2 aromatic carbocycles. The maximum atomic E-state index is 12.2. The molecule has 0 aliphatic heterocycles. The lowest BCUT2D eigenvalue weighted by Gasteiger charge is -2.10. The van der Waals surface area contributed by atoms with Crippen LogP contribution in [0, 0.1) is 27.7 Å². The number of nitrogens with zero attached hydrogens (tertiary/aromatic N) is 1. The Balaban J connectivity index is 1.68. The summed E-state index contributed by atoms with van der Waals surface area (Å²) < 4.78 is 11.1. The van der Waals surface area contributed by atoms with Crippen molar-refractivity contribution in [2.75, 3.05) is 5.32 Å². The summed E-state index contributed by atoms with van der Waals surface area (Å²) in [6.45, 7) is 8.11. The van der Waals surface area contributed by atoms with Gasteiger partial charge in [0.15, 0.2) is 0 Å². The van der Waals surface area contributed by atoms with E-state index in [4.69, 9.17) is 9.26 Å². The van der Waals surface area contributed by atoms with Gasteiger partial charge in [0.1, 0.15) is 18.1 Å². The van der Waals surface area contributed by atoms with Crippen LogP contribution >= 0.6 is 0 Å². The van der Waals surface area contributed by atoms with E-state index in [2.05, 4.69) is 10.5 Å². The molecule has 1 heterocycles. The molecule has 0 atom stereocenters. The minimum atomic E-state index is -0.173. The predicted molar refractivity (Wildman–Crippen MR) is 110 cm³/mol. The highest BCUT2D eigenvalue weighted by Crippen LogP contribution is 2.23. The Morgan fingerprint density at radius 2 is 1.89 bits per heavy atom. The molecule has 1 amide bonds. The monoisotopic (exact) mass is 376 g/mol. The molecule has 0 saturated carbocycles. The highest BCUT2D eigenvalue weighted by molar-refractivity contribution is 6.02. The molecule has 0 unspecified atom stereocenters. The minimum Gasteiger partial charge on any atom is -0.488 e. The van der Waals surface area contributed by atoms with Gasteiger partial charge in [-0.25, -0.2) is 0 Å². The summed E-state index contributed by atoms with van der Waals surface area (Å²) in [6.07, 6.45) is 3.30. The summed E-state index contributed by atoms with van der Waals surface area (Å²) in [5.74, 6) is 1.36. The first kappa shape index (κ1) is 19.4. The van der Waals surface area contributed by atoms with Crippen LogP contribution < -0.4 is 10.1 Å². The Bertz CT molecular complexity index is 999. The van der Waals surface area contributed by atoms with E-state index in [1.54, 1.807) is 6.08 Å². The maximum absolute atomic E-state index is 12.2. The van der Waals surface area contributed by atoms with Gasteiger partial charge in [0.2, 0.25) is 5.91 Å². The molecule has 0 radical (unpaired) electrons. The molecular formula is C23H24N2O3. The van der Waals surface area contributed by atoms with E-state index in [1.165, 1.54) is 6.08 Å². The van der Waals surface area contributed by atoms with E-state index in [1.807, 2.05) is 70.2 Å². The van der Waals surface area contributed by atoms with E-state index in [-0.39, 0.29) is 5.91 Å². The quantitative estimate of drug-likeness (QED) is 0.605. The number of rotatable bonds is 6. The molecule has 28 heavy (non-hydrogen) atoms. The topological polar surface area (TPSA) is 64.4 Å². The Kier molecular flexibility index (Phi) is 5.94. The zero-order chi connectivity index (χ0) is 20.1. The second kappa shape index (κ2) is 8.57. The molecule has 1 aromatic heterocycles. The summed E-state index contributed by atoms with van der Waals surface area (Å²) in [6, 6.07) is 13.5. The first-order chi connectivity index (χ1) is 13.4. The van der Waals surface area contributed by atoms with Crippen LogP contribution in [0.2, 0.25) is 0 Å². The zero-order valence-corrected chi connectivity index (χ0v) is 16.6. The second-order valence-electron chi connectivity index (χ2n) is 6.75. The summed E-state index contributed by atoms with van der Waals surface area (Å²) in [5, 5.41) is 6.84. The number of carbonyl (C=O) groups is 1. The van der Waals surface area contributed by atoms with Crippen LogP contribution in [0.15, 0.2) is 53.1 Å². The molecule has 0 aliphatic carbocycles. The van der Waals surface area contributed by atoms with Gasteiger partial charge in [0.05, 0.1) is 11.3 Å². The van der Waals surface area contributed by atoms with Gasteiger partial charge < -0.3 is 14.6 Å². The van der Waals surface area contributed by atoms with E-state index < -0.39 is 0 Å². The lowest BCUT2D eigenvalue weighted by Crippen LogP contribution is -2.08. The number of aromatic nitrogens is 1. The third kappa shape index (κ3) is 4.68. The molecule has 0 saturated heterocycles. The number of hydrogen-bond acceptors (Lipinski definition) is 4. The molecule has 0 bridgehead atoms. The molecule has 0 aliphatic rings. The van der Waals surface area contributed by atoms with Crippen molar-refractivity contribution in [1.29, 1.82) is 0 Å². The van der Waals surface area contributed by atoms with Crippen molar-refractivity contribution in [2.45, 2.75) is 34.3 Å². The summed E-state index contributed by atoms with van der Waals surface area (Å²) in [4.78, 5) is 12.2. The van der Waals surface area contributed by atoms with Crippen LogP contribution in [0.4, 0.5) is 5.69 Å². The summed E-state index contributed by atoms with van der Waals surface area (Å²) >= 11 is 0. The molecule has 3 aromatic rings. The lowest BCUT2D eigenvalue weighted by molar-refractivity contribution is -0.111. The fraction of sp³-hybridized carbons (Fsp3) is 0.217. The smallest absolute Gasteiger partial charge is 0.248 e. The number of nitrogens with one attached hydrogen (secondary N) is 1. The number of ether oxygens (including phenoxy) is 1. The molecule has 5 nitrogen and oxygen atoms in total. The van der Waals surface area contributed by atoms with Gasteiger partial charge >= 0.3 is 0 Å². The van der Waals surface area contributed by atoms with Gasteiger partial charge in [0, 0.05) is 11.8 Å². The third-order valence-electron chi connectivity index (χ3n) is 4.60. The fourth-order valence-electron chi connectivity index (χ4n) is 2.79. The lowest BCUT2D eigenvalue weighted by atomic mass is 10.1. The number of benzene rings is 2. The van der Waals surface area contributed by atoms with Gasteiger partial charge in [-0.1, -0.05) is 35.5 Å². The summed E-state index contributed by atoms with van der Waals surface area (Å²) in [7, 11) is 0. The van der Waals surface area contributed by atoms with Crippen LogP contribution in [-0.4, -0.2) is 11.1 Å². The normalized spacial score (nSPS) is 11.0. The first-order valence-corrected chi connectivity index (χ1v) is 9.14. The van der Waals surface area contributed by atoms with Crippen LogP contribution in [0.3, 0.4) is 0 Å². The van der Waals surface area contributed by atoms with Gasteiger partial charge in [-0.3, -0.25) is 4.79 Å². The fourth-order valence-corrected chi connectivity index (χ4v) is 2.79. The molecular weight excluding hydrogens is 352 g/mol. The number of carbonyl (C=O) groups excluding carboxylic acids is 1. The zero-order valence-electron chi connectivity index (χ0n) is 16.6. The van der Waals surface area contributed by atoms with Crippen LogP contribution in [-0.2, 0) is 11.4 Å². The van der Waals surface area contributed by atoms with E-state index in [0.29, 0.717) is 6.61 Å². The number of hydrogen-bond donors (Lipinski definition) is 1. The Morgan fingerprint density at radius 1 is 1.11 bits per heavy atom. The number of anilines is 1. The van der Waals surface area contributed by atoms with Gasteiger partial charge in [-0.15, -0.1) is 0 Å². The average molecular weight is 376 g/mol. The van der Waals surface area contributed by atoms with E-state index >= 15 is 0 Å². The van der Waals surface area contributed by atoms with Crippen LogP contribution in [0.1, 0.15) is 33.7 Å². The van der Waals surface area contributed by atoms with Crippen LogP contribution in [0.25, 0.3) is 6.08 Å². The SMILES string of the molecule is Cc1ccccc1NC(=O)/C=C/c1ccc(C)c(OCc2c(C)noc2C)c1. The number of para-hydroxylation sites is 1. The highest BCUT2D eigenvalue weighted by atomic mass is 16.5. The van der Waals surface area contributed by atoms with Crippen molar-refractivity contribution < 1.29 is 14.1 Å². The first-order valence-electron chi connectivity index (χ1n) is 9.14. The standard InChI is InChI=1S/C23H24N2O3/c1-15-7-5-6-8-21(15)24-23(26)12-11-19-10-9-16(2)22(13-19)27-14-20-17(3)25-28-18(20)4/h5-13H,14H2,1-4H3,(H,24,26)/b12-11+. The van der Waals surface area contributed by atoms with E-state index in [9.17, 15) is 4.79 Å². The Morgan fingerprint density at radius 3 is 2.61 bits per heavy atom. The van der Waals surface area contributed by atoms with Crippen molar-refractivity contribution in [3.05, 3.63) is 82.2 Å². The minimum absolute atomic E-state index is 0.173. The molecule has 144 valence electrons. The highest BCUT2D eigenvalue weighted by Gasteiger charge is 2.10. The average Bonchev–Trinajstić information content (AvgIpc) is 3.00. The van der Waals surface area contributed by atoms with Gasteiger partial charge in [0.25, 0.3) is 0 Å². The largest absolute Gasteiger partial charge is 0.488 e. The van der Waals surface area contributed by atoms with Crippen molar-refractivity contribution in [3.8, 4) is 5.75 Å². The van der Waals surface area contributed by atoms with Crippen molar-refractivity contribution in [2.24, 2.45) is 0 Å². The van der Waals surface area contributed by atoms with E-state index in [0.717, 1.165) is 45.1 Å². The molecule has 1 N–H and O–H groups in total. The summed E-state index contributed by atoms with van der Waals surface area (Å²) in [5.41, 5.74) is 5.53. The maximum Gasteiger partial charge on any atom is 0.248 e. The molecule has 0 fully saturated rings. The Labute approximate surface area is 165 Å². The van der Waals surface area contributed by atoms with Crippen molar-refractivity contribution >= 4 is 17.7 Å². The molecule has 5 heteroatoms. The van der Waals surface area contributed by atoms with Crippen molar-refractivity contribution in [3.63, 3.8) is 0 Å². The van der Waals surface area contributed by atoms with Crippen molar-refractivity contribution in [1.82, 2.24) is 5.16 Å². The third-order valence-corrected chi connectivity index (χ3v) is 4.60. The predicted octanol–water partition coefficient (Wildman–Crippen LogP) is 5.14. The molecule has 3 rings (SSSR count). The van der Waals surface area contributed by atoms with Crippen LogP contribution in [0.5, 0.6) is 5.75 Å². The number of aryl methyl sites for hydroxylation is 4. The van der Waals surface area contributed by atoms with Gasteiger partial charge in [-0.2, -0.15) is 0 Å². The van der Waals surface area contributed by atoms with Gasteiger partial charge in [-0.05, 0) is 62.6 Å².